The number of carboxylic acid groups (broad SMARTS) is 1. The molecule has 0 radical (unpaired) electrons. The maximum Gasteiger partial charge on any atom is 0.337 e. The Morgan fingerprint density at radius 1 is 1.08 bits per heavy atom. The summed E-state index contributed by atoms with van der Waals surface area (Å²) in [6, 6.07) is 14.0. The molecule has 6 heteroatoms. The van der Waals surface area contributed by atoms with Crippen LogP contribution < -0.4 is 5.56 Å². The summed E-state index contributed by atoms with van der Waals surface area (Å²) in [5.74, 6) is -1.10. The summed E-state index contributed by atoms with van der Waals surface area (Å²) >= 11 is 0. The standard InChI is InChI=1S/C18H13N3O3/c1-20-10-13-16(11-6-2-4-8-14(11)20)19-21(17(13)22)15-9-5-3-7-12(15)18(23)24/h2-10H,1H3,(H,23,24). The maximum atomic E-state index is 12.8. The molecule has 0 spiro atoms. The van der Waals surface area contributed by atoms with Crippen molar-refractivity contribution in [3.8, 4) is 16.9 Å². The molecule has 2 heterocycles. The third kappa shape index (κ3) is 1.93. The van der Waals surface area contributed by atoms with Crippen molar-refractivity contribution in [2.75, 3.05) is 0 Å². The van der Waals surface area contributed by atoms with Crippen molar-refractivity contribution < 1.29 is 9.90 Å². The van der Waals surface area contributed by atoms with Gasteiger partial charge in [-0.2, -0.15) is 9.78 Å². The first kappa shape index (κ1) is 14.2. The number of nitrogens with zero attached hydrogens (tertiary/aromatic N) is 3. The molecule has 2 aliphatic heterocycles. The van der Waals surface area contributed by atoms with Crippen LogP contribution in [-0.2, 0) is 7.05 Å². The van der Waals surface area contributed by atoms with Crippen molar-refractivity contribution in [1.29, 1.82) is 0 Å². The highest BCUT2D eigenvalue weighted by Gasteiger charge is 2.22. The SMILES string of the molecule is Cn1cc2c(=O)n(-c3ccccc3C(=O)O)nc-2c2ccccc21. The van der Waals surface area contributed by atoms with Crippen LogP contribution in [-0.4, -0.2) is 25.4 Å². The fourth-order valence-corrected chi connectivity index (χ4v) is 2.98. The molecule has 0 fully saturated rings. The molecule has 0 atom stereocenters. The van der Waals surface area contributed by atoms with Gasteiger partial charge in [-0.3, -0.25) is 4.79 Å². The molecule has 0 aromatic heterocycles. The molecule has 0 bridgehead atoms. The molecule has 0 amide bonds. The fourth-order valence-electron chi connectivity index (χ4n) is 2.98. The first-order valence-electron chi connectivity index (χ1n) is 7.38. The molecule has 2 aliphatic rings. The van der Waals surface area contributed by atoms with Crippen molar-refractivity contribution in [3.63, 3.8) is 0 Å². The number of para-hydroxylation sites is 2. The van der Waals surface area contributed by atoms with E-state index in [1.54, 1.807) is 24.4 Å². The van der Waals surface area contributed by atoms with E-state index in [0.29, 0.717) is 11.3 Å². The average Bonchev–Trinajstić information content (AvgIpc) is 2.92. The number of hydrogen-bond acceptors (Lipinski definition) is 3. The molecule has 0 unspecified atom stereocenters. The fraction of sp³-hybridized carbons (Fsp3) is 0.0556. The van der Waals surface area contributed by atoms with E-state index < -0.39 is 5.97 Å². The molecule has 4 rings (SSSR count). The Hall–Kier alpha value is -3.41. The number of aryl methyl sites for hydroxylation is 1. The number of aromatic nitrogens is 3. The summed E-state index contributed by atoms with van der Waals surface area (Å²) in [6.45, 7) is 0. The molecule has 118 valence electrons. The lowest BCUT2D eigenvalue weighted by Gasteiger charge is -2.08. The van der Waals surface area contributed by atoms with Gasteiger partial charge >= 0.3 is 5.97 Å². The van der Waals surface area contributed by atoms with Gasteiger partial charge in [0.2, 0.25) is 0 Å². The minimum Gasteiger partial charge on any atom is -0.478 e. The van der Waals surface area contributed by atoms with Gasteiger partial charge in [-0.05, 0) is 18.2 Å². The summed E-state index contributed by atoms with van der Waals surface area (Å²) < 4.78 is 3.04. The Balaban J connectivity index is 2.11. The predicted molar refractivity (Wildman–Crippen MR) is 89.9 cm³/mol. The highest BCUT2D eigenvalue weighted by molar-refractivity contribution is 5.94. The first-order valence-corrected chi connectivity index (χ1v) is 7.38. The lowest BCUT2D eigenvalue weighted by molar-refractivity contribution is 0.0696. The summed E-state index contributed by atoms with van der Waals surface area (Å²) in [7, 11) is 1.86. The van der Waals surface area contributed by atoms with Crippen LogP contribution in [0.5, 0.6) is 0 Å². The summed E-state index contributed by atoms with van der Waals surface area (Å²) in [5.41, 5.74) is 1.93. The monoisotopic (exact) mass is 319 g/mol. The van der Waals surface area contributed by atoms with E-state index >= 15 is 0 Å². The van der Waals surface area contributed by atoms with Gasteiger partial charge in [0.1, 0.15) is 5.69 Å². The van der Waals surface area contributed by atoms with Gasteiger partial charge in [0.15, 0.2) is 0 Å². The second-order valence-electron chi connectivity index (χ2n) is 5.56. The molecule has 6 nitrogen and oxygen atoms in total. The van der Waals surface area contributed by atoms with Gasteiger partial charge in [0, 0.05) is 24.1 Å². The summed E-state index contributed by atoms with van der Waals surface area (Å²) in [5, 5.41) is 14.6. The van der Waals surface area contributed by atoms with E-state index in [1.807, 2.05) is 35.9 Å². The zero-order chi connectivity index (χ0) is 16.8. The topological polar surface area (TPSA) is 77.1 Å². The minimum absolute atomic E-state index is 0.0380. The van der Waals surface area contributed by atoms with Crippen LogP contribution in [0.3, 0.4) is 0 Å². The molecule has 2 aromatic carbocycles. The molecule has 0 aliphatic carbocycles. The third-order valence-corrected chi connectivity index (χ3v) is 4.10. The Morgan fingerprint density at radius 3 is 2.58 bits per heavy atom. The number of aromatic carboxylic acids is 1. The van der Waals surface area contributed by atoms with Crippen LogP contribution in [0.1, 0.15) is 10.4 Å². The average molecular weight is 319 g/mol. The number of pyridine rings is 1. The number of rotatable bonds is 2. The van der Waals surface area contributed by atoms with Crippen LogP contribution in [0, 0.1) is 0 Å². The second-order valence-corrected chi connectivity index (χ2v) is 5.56. The van der Waals surface area contributed by atoms with Crippen LogP contribution in [0.15, 0.2) is 59.5 Å². The normalized spacial score (nSPS) is 11.2. The van der Waals surface area contributed by atoms with Crippen LogP contribution in [0.2, 0.25) is 0 Å². The Labute approximate surface area is 136 Å². The smallest absolute Gasteiger partial charge is 0.337 e. The van der Waals surface area contributed by atoms with E-state index in [-0.39, 0.29) is 16.8 Å². The highest BCUT2D eigenvalue weighted by Crippen LogP contribution is 2.27. The minimum atomic E-state index is -1.10. The molecular formula is C18H13N3O3. The lowest BCUT2D eigenvalue weighted by atomic mass is 10.1. The van der Waals surface area contributed by atoms with E-state index in [9.17, 15) is 14.7 Å². The Kier molecular flexibility index (Phi) is 2.99. The number of fused-ring (bicyclic) bond motifs is 3. The zero-order valence-corrected chi connectivity index (χ0v) is 12.8. The van der Waals surface area contributed by atoms with Crippen molar-refractivity contribution >= 4 is 16.9 Å². The number of hydrogen-bond donors (Lipinski definition) is 1. The lowest BCUT2D eigenvalue weighted by Crippen LogP contribution is -2.17. The molecule has 24 heavy (non-hydrogen) atoms. The van der Waals surface area contributed by atoms with Gasteiger partial charge < -0.3 is 9.67 Å². The van der Waals surface area contributed by atoms with Crippen LogP contribution >= 0.6 is 0 Å². The maximum absolute atomic E-state index is 12.8. The largest absolute Gasteiger partial charge is 0.478 e. The van der Waals surface area contributed by atoms with Crippen LogP contribution in [0.4, 0.5) is 0 Å². The molecular weight excluding hydrogens is 306 g/mol. The number of benzene rings is 2. The van der Waals surface area contributed by atoms with Gasteiger partial charge in [0.25, 0.3) is 5.56 Å². The second kappa shape index (κ2) is 5.06. The van der Waals surface area contributed by atoms with Crippen molar-refractivity contribution in [2.24, 2.45) is 7.05 Å². The van der Waals surface area contributed by atoms with Gasteiger partial charge in [0.05, 0.1) is 16.8 Å². The van der Waals surface area contributed by atoms with Crippen molar-refractivity contribution in [1.82, 2.24) is 14.3 Å². The Morgan fingerprint density at radius 2 is 1.79 bits per heavy atom. The quantitative estimate of drug-likeness (QED) is 0.616. The van der Waals surface area contributed by atoms with Crippen molar-refractivity contribution in [3.05, 3.63) is 70.6 Å². The predicted octanol–water partition coefficient (Wildman–Crippen LogP) is 2.53. The van der Waals surface area contributed by atoms with Gasteiger partial charge in [-0.1, -0.05) is 30.3 Å². The van der Waals surface area contributed by atoms with E-state index in [2.05, 4.69) is 5.10 Å². The van der Waals surface area contributed by atoms with E-state index in [4.69, 9.17) is 0 Å². The zero-order valence-electron chi connectivity index (χ0n) is 12.8. The molecule has 0 saturated heterocycles. The van der Waals surface area contributed by atoms with Crippen LogP contribution in [0.25, 0.3) is 27.8 Å². The summed E-state index contributed by atoms with van der Waals surface area (Å²) in [4.78, 5) is 24.2. The van der Waals surface area contributed by atoms with Gasteiger partial charge in [-0.15, -0.1) is 0 Å². The Bertz CT molecular complexity index is 1120. The molecule has 2 aromatic rings. The summed E-state index contributed by atoms with van der Waals surface area (Å²) in [6.07, 6.45) is 1.73. The third-order valence-electron chi connectivity index (χ3n) is 4.10. The molecule has 1 N–H and O–H groups in total. The van der Waals surface area contributed by atoms with E-state index in [0.717, 1.165) is 10.9 Å². The van der Waals surface area contributed by atoms with Gasteiger partial charge in [-0.25, -0.2) is 4.79 Å². The first-order chi connectivity index (χ1) is 11.6. The molecule has 0 saturated carbocycles. The number of carboxylic acids is 1. The van der Waals surface area contributed by atoms with Crippen molar-refractivity contribution in [2.45, 2.75) is 0 Å². The van der Waals surface area contributed by atoms with E-state index in [1.165, 1.54) is 10.7 Å². The highest BCUT2D eigenvalue weighted by atomic mass is 16.4. The number of carbonyl (C=O) groups is 1.